The van der Waals surface area contributed by atoms with Crippen molar-refractivity contribution in [3.63, 3.8) is 0 Å². The second-order valence-electron chi connectivity index (χ2n) is 5.26. The second-order valence-corrected chi connectivity index (χ2v) is 7.26. The zero-order chi connectivity index (χ0) is 17.8. The van der Waals surface area contributed by atoms with E-state index >= 15 is 0 Å². The number of amides is 1. The van der Waals surface area contributed by atoms with E-state index in [1.807, 2.05) is 24.3 Å². The van der Waals surface area contributed by atoms with Crippen LogP contribution in [0.2, 0.25) is 0 Å². The van der Waals surface area contributed by atoms with Crippen molar-refractivity contribution in [3.8, 4) is 11.5 Å². The lowest BCUT2D eigenvalue weighted by molar-refractivity contribution is 0.0804. The van der Waals surface area contributed by atoms with Gasteiger partial charge in [0.1, 0.15) is 5.75 Å². The summed E-state index contributed by atoms with van der Waals surface area (Å²) in [5.41, 5.74) is 0. The first-order valence-corrected chi connectivity index (χ1v) is 9.06. The van der Waals surface area contributed by atoms with E-state index < -0.39 is 12.7 Å². The quantitative estimate of drug-likeness (QED) is 0.567. The van der Waals surface area contributed by atoms with Gasteiger partial charge in [-0.2, -0.15) is 0 Å². The van der Waals surface area contributed by atoms with Crippen molar-refractivity contribution in [1.29, 1.82) is 0 Å². The SMILES string of the molecule is O=C(NCC(O)CO)c1cc2c(Oc3ccc(Br)cc3)cncc2s1. The maximum Gasteiger partial charge on any atom is 0.261 e. The third-order valence-corrected chi connectivity index (χ3v) is 4.98. The molecule has 0 saturated heterocycles. The smallest absolute Gasteiger partial charge is 0.261 e. The van der Waals surface area contributed by atoms with Crippen molar-refractivity contribution in [3.05, 3.63) is 52.1 Å². The molecule has 130 valence electrons. The molecule has 0 fully saturated rings. The van der Waals surface area contributed by atoms with Crippen LogP contribution in [-0.4, -0.2) is 40.4 Å². The maximum atomic E-state index is 12.2. The predicted octanol–water partition coefficient (Wildman–Crippen LogP) is 2.93. The number of benzene rings is 1. The number of aliphatic hydroxyl groups is 2. The van der Waals surface area contributed by atoms with Gasteiger partial charge in [0.15, 0.2) is 5.75 Å². The van der Waals surface area contributed by atoms with Gasteiger partial charge in [-0.05, 0) is 30.3 Å². The van der Waals surface area contributed by atoms with E-state index in [0.29, 0.717) is 16.4 Å². The Labute approximate surface area is 156 Å². The highest BCUT2D eigenvalue weighted by Gasteiger charge is 2.15. The molecule has 0 aliphatic carbocycles. The number of rotatable bonds is 6. The Morgan fingerprint density at radius 1 is 1.32 bits per heavy atom. The lowest BCUT2D eigenvalue weighted by Crippen LogP contribution is -2.33. The fraction of sp³-hybridized carbons (Fsp3) is 0.176. The molecule has 0 radical (unpaired) electrons. The van der Waals surface area contributed by atoms with Crippen LogP contribution in [0.5, 0.6) is 11.5 Å². The van der Waals surface area contributed by atoms with E-state index in [4.69, 9.17) is 9.84 Å². The van der Waals surface area contributed by atoms with Crippen LogP contribution >= 0.6 is 27.3 Å². The monoisotopic (exact) mass is 422 g/mol. The largest absolute Gasteiger partial charge is 0.455 e. The molecule has 2 heterocycles. The Kier molecular flexibility index (Phi) is 5.64. The van der Waals surface area contributed by atoms with Gasteiger partial charge in [-0.3, -0.25) is 9.78 Å². The number of aliphatic hydroxyl groups excluding tert-OH is 2. The van der Waals surface area contributed by atoms with Crippen LogP contribution in [0.1, 0.15) is 9.67 Å². The lowest BCUT2D eigenvalue weighted by atomic mass is 10.2. The zero-order valence-electron chi connectivity index (χ0n) is 13.0. The number of halogens is 1. The first kappa shape index (κ1) is 17.8. The van der Waals surface area contributed by atoms with Gasteiger partial charge in [0.2, 0.25) is 0 Å². The van der Waals surface area contributed by atoms with Crippen molar-refractivity contribution in [2.24, 2.45) is 0 Å². The Bertz CT molecular complexity index is 882. The molecule has 1 amide bonds. The molecule has 0 bridgehead atoms. The molecule has 0 spiro atoms. The first-order chi connectivity index (χ1) is 12.1. The molecule has 6 nitrogen and oxygen atoms in total. The second kappa shape index (κ2) is 7.92. The summed E-state index contributed by atoms with van der Waals surface area (Å²) in [7, 11) is 0. The summed E-state index contributed by atoms with van der Waals surface area (Å²) < 4.78 is 7.65. The summed E-state index contributed by atoms with van der Waals surface area (Å²) in [6.45, 7) is -0.411. The number of carbonyl (C=O) groups excluding carboxylic acids is 1. The molecule has 2 aromatic heterocycles. The Morgan fingerprint density at radius 2 is 2.08 bits per heavy atom. The summed E-state index contributed by atoms with van der Waals surface area (Å²) in [5, 5.41) is 21.5. The van der Waals surface area contributed by atoms with E-state index in [-0.39, 0.29) is 12.5 Å². The fourth-order valence-corrected chi connectivity index (χ4v) is 3.35. The number of fused-ring (bicyclic) bond motifs is 1. The van der Waals surface area contributed by atoms with Gasteiger partial charge in [0.25, 0.3) is 5.91 Å². The number of carbonyl (C=O) groups is 1. The number of nitrogens with one attached hydrogen (secondary N) is 1. The minimum absolute atomic E-state index is 0.00984. The van der Waals surface area contributed by atoms with Crippen LogP contribution in [0.4, 0.5) is 0 Å². The van der Waals surface area contributed by atoms with Gasteiger partial charge >= 0.3 is 0 Å². The van der Waals surface area contributed by atoms with Crippen molar-refractivity contribution in [2.45, 2.75) is 6.10 Å². The first-order valence-electron chi connectivity index (χ1n) is 7.45. The van der Waals surface area contributed by atoms with E-state index in [2.05, 4.69) is 26.2 Å². The van der Waals surface area contributed by atoms with Crippen LogP contribution in [0.3, 0.4) is 0 Å². The molecule has 1 atom stereocenters. The molecule has 1 aromatic carbocycles. The van der Waals surface area contributed by atoms with Crippen LogP contribution < -0.4 is 10.1 Å². The van der Waals surface area contributed by atoms with Crippen LogP contribution in [0.15, 0.2) is 47.2 Å². The lowest BCUT2D eigenvalue weighted by Gasteiger charge is -2.07. The van der Waals surface area contributed by atoms with Gasteiger partial charge in [-0.1, -0.05) is 15.9 Å². The van der Waals surface area contributed by atoms with Gasteiger partial charge in [0, 0.05) is 22.6 Å². The molecule has 3 rings (SSSR count). The van der Waals surface area contributed by atoms with Crippen molar-refractivity contribution >= 4 is 43.3 Å². The minimum Gasteiger partial charge on any atom is -0.455 e. The molecule has 3 N–H and O–H groups in total. The third kappa shape index (κ3) is 4.35. The highest BCUT2D eigenvalue weighted by atomic mass is 79.9. The maximum absolute atomic E-state index is 12.2. The molecule has 0 saturated carbocycles. The number of hydrogen-bond acceptors (Lipinski definition) is 6. The molecule has 25 heavy (non-hydrogen) atoms. The molecule has 3 aromatic rings. The Balaban J connectivity index is 1.82. The molecule has 8 heteroatoms. The summed E-state index contributed by atoms with van der Waals surface area (Å²) in [4.78, 5) is 16.8. The number of pyridine rings is 1. The summed E-state index contributed by atoms with van der Waals surface area (Å²) >= 11 is 4.66. The molecule has 1 unspecified atom stereocenters. The van der Waals surface area contributed by atoms with Crippen molar-refractivity contribution < 1.29 is 19.7 Å². The Hall–Kier alpha value is -2.00. The molecule has 0 aliphatic heterocycles. The van der Waals surface area contributed by atoms with Crippen LogP contribution in [-0.2, 0) is 0 Å². The standard InChI is InChI=1S/C17H15BrN2O4S/c18-10-1-3-12(4-2-10)24-14-7-19-8-16-13(14)5-15(25-16)17(23)20-6-11(22)9-21/h1-5,7-8,11,21-22H,6,9H2,(H,20,23). The van der Waals surface area contributed by atoms with E-state index in [9.17, 15) is 9.90 Å². The average Bonchev–Trinajstić information content (AvgIpc) is 3.06. The summed E-state index contributed by atoms with van der Waals surface area (Å²) in [6.07, 6.45) is 2.30. The summed E-state index contributed by atoms with van der Waals surface area (Å²) in [5.74, 6) is 0.912. The number of ether oxygens (including phenoxy) is 1. The zero-order valence-corrected chi connectivity index (χ0v) is 15.4. The van der Waals surface area contributed by atoms with E-state index in [1.54, 1.807) is 18.5 Å². The highest BCUT2D eigenvalue weighted by molar-refractivity contribution is 9.10. The topological polar surface area (TPSA) is 91.7 Å². The van der Waals surface area contributed by atoms with Gasteiger partial charge < -0.3 is 20.3 Å². The molecule has 0 aliphatic rings. The van der Waals surface area contributed by atoms with Gasteiger partial charge in [-0.25, -0.2) is 0 Å². The normalized spacial score (nSPS) is 12.1. The predicted molar refractivity (Wildman–Crippen MR) is 99.3 cm³/mol. The fourth-order valence-electron chi connectivity index (χ4n) is 2.12. The Morgan fingerprint density at radius 3 is 2.80 bits per heavy atom. The summed E-state index contributed by atoms with van der Waals surface area (Å²) in [6, 6.07) is 9.15. The minimum atomic E-state index is -0.976. The van der Waals surface area contributed by atoms with Gasteiger partial charge in [-0.15, -0.1) is 11.3 Å². The number of nitrogens with zero attached hydrogens (tertiary/aromatic N) is 1. The number of aromatic nitrogens is 1. The third-order valence-electron chi connectivity index (χ3n) is 3.38. The molecular weight excluding hydrogens is 408 g/mol. The van der Waals surface area contributed by atoms with Crippen molar-refractivity contribution in [1.82, 2.24) is 10.3 Å². The average molecular weight is 423 g/mol. The van der Waals surface area contributed by atoms with E-state index in [0.717, 1.165) is 14.6 Å². The highest BCUT2D eigenvalue weighted by Crippen LogP contribution is 2.34. The van der Waals surface area contributed by atoms with Gasteiger partial charge in [0.05, 0.1) is 28.5 Å². The van der Waals surface area contributed by atoms with E-state index in [1.165, 1.54) is 11.3 Å². The van der Waals surface area contributed by atoms with Crippen molar-refractivity contribution in [2.75, 3.05) is 13.2 Å². The number of hydrogen-bond donors (Lipinski definition) is 3. The number of thiophene rings is 1. The van der Waals surface area contributed by atoms with Crippen LogP contribution in [0.25, 0.3) is 10.1 Å². The molecular formula is C17H15BrN2O4S. The van der Waals surface area contributed by atoms with Crippen LogP contribution in [0, 0.1) is 0 Å².